The van der Waals surface area contributed by atoms with Crippen LogP contribution in [0.2, 0.25) is 0 Å². The predicted octanol–water partition coefficient (Wildman–Crippen LogP) is 3.09. The van der Waals surface area contributed by atoms with Gasteiger partial charge in [-0.2, -0.15) is 0 Å². The Kier molecular flexibility index (Phi) is 5.31. The van der Waals surface area contributed by atoms with Crippen molar-refractivity contribution in [1.82, 2.24) is 10.6 Å². The number of urea groups is 1. The summed E-state index contributed by atoms with van der Waals surface area (Å²) in [6, 6.07) is 7.86. The first-order valence-electron chi connectivity index (χ1n) is 8.14. The van der Waals surface area contributed by atoms with Crippen LogP contribution in [0.3, 0.4) is 0 Å². The molecule has 1 aromatic carbocycles. The van der Waals surface area contributed by atoms with Crippen LogP contribution < -0.4 is 16.4 Å². The fourth-order valence-electron chi connectivity index (χ4n) is 2.92. The van der Waals surface area contributed by atoms with Crippen LogP contribution >= 0.6 is 11.3 Å². The Hall–Kier alpha value is -1.85. The van der Waals surface area contributed by atoms with Crippen molar-refractivity contribution in [3.63, 3.8) is 0 Å². The molecule has 23 heavy (non-hydrogen) atoms. The number of carbonyl (C=O) groups excluding carboxylic acids is 1. The maximum Gasteiger partial charge on any atom is 0.315 e. The highest BCUT2D eigenvalue weighted by molar-refractivity contribution is 7.10. The molecular weight excluding hydrogens is 306 g/mol. The third-order valence-electron chi connectivity index (χ3n) is 4.30. The first-order valence-corrected chi connectivity index (χ1v) is 9.02. The molecule has 0 atom stereocenters. The van der Waals surface area contributed by atoms with Crippen LogP contribution in [0.25, 0.3) is 0 Å². The summed E-state index contributed by atoms with van der Waals surface area (Å²) >= 11 is 1.84. The van der Waals surface area contributed by atoms with Crippen molar-refractivity contribution in [2.24, 2.45) is 5.73 Å². The van der Waals surface area contributed by atoms with Gasteiger partial charge in [-0.15, -0.1) is 11.3 Å². The number of carbonyl (C=O) groups is 1. The second-order valence-corrected chi connectivity index (χ2v) is 6.89. The van der Waals surface area contributed by atoms with Crippen molar-refractivity contribution in [2.75, 3.05) is 0 Å². The molecule has 1 aromatic heterocycles. The molecule has 122 valence electrons. The minimum Gasteiger partial charge on any atom is -0.334 e. The lowest BCUT2D eigenvalue weighted by atomic mass is 9.96. The van der Waals surface area contributed by atoms with Gasteiger partial charge in [0.05, 0.1) is 0 Å². The molecule has 0 aliphatic heterocycles. The van der Waals surface area contributed by atoms with E-state index in [-0.39, 0.29) is 6.03 Å². The molecule has 1 heterocycles. The number of benzene rings is 1. The molecule has 0 unspecified atom stereocenters. The van der Waals surface area contributed by atoms with Gasteiger partial charge in [0.1, 0.15) is 0 Å². The van der Waals surface area contributed by atoms with Crippen LogP contribution in [0, 0.1) is 0 Å². The second kappa shape index (κ2) is 7.62. The van der Waals surface area contributed by atoms with Crippen LogP contribution in [-0.2, 0) is 32.5 Å². The average molecular weight is 329 g/mol. The van der Waals surface area contributed by atoms with Gasteiger partial charge in [-0.25, -0.2) is 4.79 Å². The topological polar surface area (TPSA) is 67.1 Å². The highest BCUT2D eigenvalue weighted by Gasteiger charge is 2.15. The molecule has 4 nitrogen and oxygen atoms in total. The van der Waals surface area contributed by atoms with Gasteiger partial charge in [0, 0.05) is 24.5 Å². The molecule has 0 spiro atoms. The number of rotatable bonds is 5. The van der Waals surface area contributed by atoms with E-state index in [2.05, 4.69) is 16.0 Å². The van der Waals surface area contributed by atoms with E-state index in [0.29, 0.717) is 19.6 Å². The average Bonchev–Trinajstić information content (AvgIpc) is 3.02. The predicted molar refractivity (Wildman–Crippen MR) is 94.4 cm³/mol. The Balaban J connectivity index is 1.47. The first kappa shape index (κ1) is 16.0. The zero-order valence-corrected chi connectivity index (χ0v) is 14.0. The minimum absolute atomic E-state index is 0.122. The molecular formula is C18H23N3OS. The normalized spacial score (nSPS) is 13.4. The van der Waals surface area contributed by atoms with Crippen LogP contribution in [0.5, 0.6) is 0 Å². The standard InChI is InChI=1S/C18H23N3OS/c19-9-13-5-7-14(8-6-13)10-20-18(22)21-11-15-12-23-17-4-2-1-3-16(15)17/h5-8,12H,1-4,9-11,19H2,(H2,20,21,22). The molecule has 5 heteroatoms. The summed E-state index contributed by atoms with van der Waals surface area (Å²) in [4.78, 5) is 13.5. The number of aryl methyl sites for hydroxylation is 1. The maximum absolute atomic E-state index is 12.0. The van der Waals surface area contributed by atoms with E-state index < -0.39 is 0 Å². The molecule has 3 rings (SSSR count). The van der Waals surface area contributed by atoms with Gasteiger partial charge in [-0.3, -0.25) is 0 Å². The molecule has 1 aliphatic rings. The van der Waals surface area contributed by atoms with Crippen LogP contribution in [-0.4, -0.2) is 6.03 Å². The minimum atomic E-state index is -0.122. The second-order valence-electron chi connectivity index (χ2n) is 5.93. The first-order chi connectivity index (χ1) is 11.3. The van der Waals surface area contributed by atoms with Crippen LogP contribution in [0.1, 0.15) is 40.0 Å². The van der Waals surface area contributed by atoms with Gasteiger partial charge in [0.15, 0.2) is 0 Å². The molecule has 4 N–H and O–H groups in total. The molecule has 0 saturated heterocycles. The maximum atomic E-state index is 12.0. The molecule has 0 bridgehead atoms. The van der Waals surface area contributed by atoms with E-state index in [9.17, 15) is 4.79 Å². The van der Waals surface area contributed by atoms with Gasteiger partial charge >= 0.3 is 6.03 Å². The van der Waals surface area contributed by atoms with E-state index in [1.54, 1.807) is 0 Å². The third-order valence-corrected chi connectivity index (χ3v) is 5.44. The summed E-state index contributed by atoms with van der Waals surface area (Å²) in [5.74, 6) is 0. The van der Waals surface area contributed by atoms with Crippen molar-refractivity contribution in [1.29, 1.82) is 0 Å². The number of amides is 2. The monoisotopic (exact) mass is 329 g/mol. The van der Waals surface area contributed by atoms with Gasteiger partial charge < -0.3 is 16.4 Å². The smallest absolute Gasteiger partial charge is 0.315 e. The zero-order chi connectivity index (χ0) is 16.1. The van der Waals surface area contributed by atoms with Gasteiger partial charge in [0.25, 0.3) is 0 Å². The van der Waals surface area contributed by atoms with Crippen molar-refractivity contribution >= 4 is 17.4 Å². The van der Waals surface area contributed by atoms with Crippen molar-refractivity contribution in [3.8, 4) is 0 Å². The summed E-state index contributed by atoms with van der Waals surface area (Å²) in [5.41, 5.74) is 10.5. The number of hydrogen-bond donors (Lipinski definition) is 3. The summed E-state index contributed by atoms with van der Waals surface area (Å²) in [6.45, 7) is 1.68. The largest absolute Gasteiger partial charge is 0.334 e. The Morgan fingerprint density at radius 1 is 1.04 bits per heavy atom. The van der Waals surface area contributed by atoms with Gasteiger partial charge in [-0.1, -0.05) is 24.3 Å². The van der Waals surface area contributed by atoms with Crippen molar-refractivity contribution in [3.05, 3.63) is 56.8 Å². The zero-order valence-electron chi connectivity index (χ0n) is 13.2. The fraction of sp³-hybridized carbons (Fsp3) is 0.389. The Morgan fingerprint density at radius 2 is 1.74 bits per heavy atom. The number of nitrogens with two attached hydrogens (primary N) is 1. The lowest BCUT2D eigenvalue weighted by Gasteiger charge is -2.13. The number of fused-ring (bicyclic) bond motifs is 1. The van der Waals surface area contributed by atoms with E-state index in [1.165, 1.54) is 35.3 Å². The fourth-order valence-corrected chi connectivity index (χ4v) is 4.07. The van der Waals surface area contributed by atoms with Crippen LogP contribution in [0.4, 0.5) is 4.79 Å². The Morgan fingerprint density at radius 3 is 2.52 bits per heavy atom. The lowest BCUT2D eigenvalue weighted by Crippen LogP contribution is -2.34. The molecule has 0 saturated carbocycles. The summed E-state index contributed by atoms with van der Waals surface area (Å²) in [7, 11) is 0. The van der Waals surface area contributed by atoms with E-state index >= 15 is 0 Å². The quantitative estimate of drug-likeness (QED) is 0.789. The highest BCUT2D eigenvalue weighted by atomic mass is 32.1. The van der Waals surface area contributed by atoms with Crippen molar-refractivity contribution in [2.45, 2.75) is 45.3 Å². The summed E-state index contributed by atoms with van der Waals surface area (Å²) in [6.07, 6.45) is 4.92. The summed E-state index contributed by atoms with van der Waals surface area (Å²) < 4.78 is 0. The summed E-state index contributed by atoms with van der Waals surface area (Å²) in [5, 5.41) is 8.06. The number of hydrogen-bond acceptors (Lipinski definition) is 3. The molecule has 0 fully saturated rings. The molecule has 1 aliphatic carbocycles. The Labute approximate surface area is 141 Å². The van der Waals surface area contributed by atoms with Gasteiger partial charge in [-0.05, 0) is 53.3 Å². The van der Waals surface area contributed by atoms with Gasteiger partial charge in [0.2, 0.25) is 0 Å². The third kappa shape index (κ3) is 4.12. The van der Waals surface area contributed by atoms with E-state index in [4.69, 9.17) is 5.73 Å². The Bertz CT molecular complexity index is 663. The number of thiophene rings is 1. The van der Waals surface area contributed by atoms with E-state index in [1.807, 2.05) is 35.6 Å². The molecule has 0 radical (unpaired) electrons. The van der Waals surface area contributed by atoms with Crippen LogP contribution in [0.15, 0.2) is 29.6 Å². The molecule has 2 amide bonds. The highest BCUT2D eigenvalue weighted by Crippen LogP contribution is 2.29. The lowest BCUT2D eigenvalue weighted by molar-refractivity contribution is 0.240. The number of nitrogens with one attached hydrogen (secondary N) is 2. The SMILES string of the molecule is NCc1ccc(CNC(=O)NCc2csc3c2CCCC3)cc1. The van der Waals surface area contributed by atoms with E-state index in [0.717, 1.165) is 17.5 Å². The molecule has 2 aromatic rings. The van der Waals surface area contributed by atoms with Crippen molar-refractivity contribution < 1.29 is 4.79 Å².